The van der Waals surface area contributed by atoms with E-state index in [1.54, 1.807) is 0 Å². The summed E-state index contributed by atoms with van der Waals surface area (Å²) in [6.07, 6.45) is -1.41. The average molecular weight is 543 g/mol. The van der Waals surface area contributed by atoms with Crippen LogP contribution < -0.4 is 9.62 Å². The summed E-state index contributed by atoms with van der Waals surface area (Å²) >= 11 is 0.202. The van der Waals surface area contributed by atoms with Crippen LogP contribution in [0.5, 0.6) is 0 Å². The molecule has 1 amide bonds. The van der Waals surface area contributed by atoms with Gasteiger partial charge in [0.05, 0.1) is 29.8 Å². The third kappa shape index (κ3) is 4.99. The van der Waals surface area contributed by atoms with Crippen LogP contribution in [0.2, 0.25) is 0 Å². The number of anilines is 1. The number of carbonyl (C=O) groups is 1. The molecule has 4 rings (SSSR count). The Morgan fingerprint density at radius 3 is 2.53 bits per heavy atom. The molecule has 1 aliphatic carbocycles. The summed E-state index contributed by atoms with van der Waals surface area (Å²) < 4.78 is 60.3. The number of hydrogen-bond acceptors (Lipinski definition) is 10. The number of thioether (sulfide) groups is 1. The van der Waals surface area contributed by atoms with Crippen LogP contribution in [0.1, 0.15) is 14.3 Å². The van der Waals surface area contributed by atoms with E-state index in [2.05, 4.69) is 9.82 Å². The lowest BCUT2D eigenvalue weighted by Crippen LogP contribution is -2.48. The Kier molecular flexibility index (Phi) is 6.90. The van der Waals surface area contributed by atoms with Crippen molar-refractivity contribution in [2.24, 2.45) is 0 Å². The average Bonchev–Trinajstić information content (AvgIpc) is 3.48. The normalized spacial score (nSPS) is 17.2. The SMILES string of the molecule is COC(=O)N1CCN(c2cc(S(=O)(=O)NC3(C#N)CC3)cc3c2cnn3C(=N)SC(=N)C(F)F)CC1.[HH]. The first-order valence-electron chi connectivity index (χ1n) is 10.7. The minimum Gasteiger partial charge on any atom is -0.453 e. The molecule has 1 aromatic carbocycles. The predicted octanol–water partition coefficient (Wildman–Crippen LogP) is 2.26. The zero-order valence-electron chi connectivity index (χ0n) is 19.0. The van der Waals surface area contributed by atoms with Gasteiger partial charge in [0, 0.05) is 38.7 Å². The number of nitriles is 1. The molecule has 2 fully saturated rings. The summed E-state index contributed by atoms with van der Waals surface area (Å²) in [4.78, 5) is 15.0. The van der Waals surface area contributed by atoms with E-state index in [1.807, 2.05) is 11.0 Å². The van der Waals surface area contributed by atoms with Crippen molar-refractivity contribution in [3.8, 4) is 6.07 Å². The van der Waals surface area contributed by atoms with Gasteiger partial charge in [-0.05, 0) is 36.7 Å². The molecule has 0 bridgehead atoms. The lowest BCUT2D eigenvalue weighted by atomic mass is 10.2. The van der Waals surface area contributed by atoms with Crippen LogP contribution in [-0.2, 0) is 14.8 Å². The Balaban J connectivity index is 0.00000380. The highest BCUT2D eigenvalue weighted by Crippen LogP contribution is 2.37. The van der Waals surface area contributed by atoms with E-state index >= 15 is 0 Å². The number of halogens is 2. The molecule has 1 saturated heterocycles. The lowest BCUT2D eigenvalue weighted by Gasteiger charge is -2.35. The number of ether oxygens (including phenoxy) is 1. The van der Waals surface area contributed by atoms with Crippen molar-refractivity contribution < 1.29 is 28.2 Å². The van der Waals surface area contributed by atoms with E-state index in [-0.39, 0.29) is 23.6 Å². The number of aromatic nitrogens is 2. The van der Waals surface area contributed by atoms with Gasteiger partial charge >= 0.3 is 6.09 Å². The van der Waals surface area contributed by atoms with Crippen LogP contribution in [-0.4, -0.2) is 84.7 Å². The number of carbonyl (C=O) groups excluding carboxylic acids is 1. The van der Waals surface area contributed by atoms with Gasteiger partial charge in [-0.1, -0.05) is 0 Å². The van der Waals surface area contributed by atoms with Crippen molar-refractivity contribution in [1.29, 1.82) is 16.1 Å². The van der Waals surface area contributed by atoms with Crippen LogP contribution >= 0.6 is 11.8 Å². The molecule has 3 N–H and O–H groups in total. The van der Waals surface area contributed by atoms with E-state index < -0.39 is 38.3 Å². The van der Waals surface area contributed by atoms with E-state index in [0.29, 0.717) is 50.1 Å². The van der Waals surface area contributed by atoms with Gasteiger partial charge in [0.2, 0.25) is 10.0 Å². The van der Waals surface area contributed by atoms with Crippen LogP contribution in [0.3, 0.4) is 0 Å². The molecular formula is C20H24F2N8O4S2. The Morgan fingerprint density at radius 2 is 1.97 bits per heavy atom. The fourth-order valence-electron chi connectivity index (χ4n) is 3.79. The molecule has 194 valence electrons. The quantitative estimate of drug-likeness (QED) is 0.382. The van der Waals surface area contributed by atoms with E-state index in [4.69, 9.17) is 15.6 Å². The number of sulfonamides is 1. The first-order valence-corrected chi connectivity index (χ1v) is 13.0. The van der Waals surface area contributed by atoms with Gasteiger partial charge in [0.1, 0.15) is 10.6 Å². The van der Waals surface area contributed by atoms with Gasteiger partial charge in [-0.25, -0.2) is 26.7 Å². The number of hydrogen-bond donors (Lipinski definition) is 3. The van der Waals surface area contributed by atoms with Crippen molar-refractivity contribution in [2.75, 3.05) is 38.2 Å². The summed E-state index contributed by atoms with van der Waals surface area (Å²) in [7, 11) is -2.89. The summed E-state index contributed by atoms with van der Waals surface area (Å²) in [6, 6.07) is 4.66. The minimum absolute atomic E-state index is 0. The maximum absolute atomic E-state index is 13.2. The molecule has 1 aromatic heterocycles. The number of fused-ring (bicyclic) bond motifs is 1. The molecule has 1 saturated carbocycles. The van der Waals surface area contributed by atoms with Crippen molar-refractivity contribution >= 4 is 54.7 Å². The van der Waals surface area contributed by atoms with Gasteiger partial charge in [-0.3, -0.25) is 10.8 Å². The third-order valence-corrected chi connectivity index (χ3v) is 8.17. The van der Waals surface area contributed by atoms with E-state index in [0.717, 1.165) is 4.68 Å². The van der Waals surface area contributed by atoms with Crippen molar-refractivity contribution in [3.63, 3.8) is 0 Å². The number of nitrogens with one attached hydrogen (secondary N) is 3. The number of alkyl halides is 2. The Morgan fingerprint density at radius 1 is 1.31 bits per heavy atom. The summed E-state index contributed by atoms with van der Waals surface area (Å²) in [5, 5.41) is 27.9. The third-order valence-electron chi connectivity index (χ3n) is 5.89. The second-order valence-electron chi connectivity index (χ2n) is 8.25. The van der Waals surface area contributed by atoms with Gasteiger partial charge in [0.15, 0.2) is 5.17 Å². The topological polar surface area (TPSA) is 168 Å². The van der Waals surface area contributed by atoms with Crippen LogP contribution in [0.4, 0.5) is 19.3 Å². The molecule has 2 aromatic rings. The van der Waals surface area contributed by atoms with Crippen molar-refractivity contribution in [2.45, 2.75) is 29.7 Å². The molecule has 0 unspecified atom stereocenters. The lowest BCUT2D eigenvalue weighted by molar-refractivity contribution is 0.121. The van der Waals surface area contributed by atoms with Crippen LogP contribution in [0.25, 0.3) is 10.9 Å². The minimum atomic E-state index is -4.17. The van der Waals surface area contributed by atoms with E-state index in [1.165, 1.54) is 30.3 Å². The largest absolute Gasteiger partial charge is 0.453 e. The zero-order chi connectivity index (χ0) is 26.3. The fourth-order valence-corrected chi connectivity index (χ4v) is 5.74. The number of benzene rings is 1. The maximum Gasteiger partial charge on any atom is 0.409 e. The first-order chi connectivity index (χ1) is 17.0. The second-order valence-corrected chi connectivity index (χ2v) is 11.0. The Hall–Kier alpha value is -3.29. The number of rotatable bonds is 5. The smallest absolute Gasteiger partial charge is 0.409 e. The fraction of sp³-hybridized carbons (Fsp3) is 0.450. The second kappa shape index (κ2) is 9.64. The standard InChI is InChI=1S/C20H22F2N8O4S2.H2/c1-34-19(31)29-6-4-28(5-7-29)14-8-12(36(32,33)27-20(11-23)2-3-20)9-15-13(14)10-26-30(15)18(25)35-17(24)16(21)22;/h8-10,16,24-25,27H,2-7H2,1H3;1H. The maximum atomic E-state index is 13.2. The summed E-state index contributed by atoms with van der Waals surface area (Å²) in [5.74, 6) is 0. The van der Waals surface area contributed by atoms with Gasteiger partial charge in [0.25, 0.3) is 6.43 Å². The highest BCUT2D eigenvalue weighted by atomic mass is 32.2. The Bertz CT molecular complexity index is 1380. The van der Waals surface area contributed by atoms with Crippen LogP contribution in [0.15, 0.2) is 23.2 Å². The molecule has 2 aliphatic rings. The summed E-state index contributed by atoms with van der Waals surface area (Å²) in [5.41, 5.74) is -0.563. The molecule has 36 heavy (non-hydrogen) atoms. The van der Waals surface area contributed by atoms with Crippen molar-refractivity contribution in [1.82, 2.24) is 19.4 Å². The highest BCUT2D eigenvalue weighted by Gasteiger charge is 2.47. The predicted molar refractivity (Wildman–Crippen MR) is 130 cm³/mol. The van der Waals surface area contributed by atoms with Crippen molar-refractivity contribution in [3.05, 3.63) is 18.3 Å². The number of methoxy groups -OCH3 is 1. The number of piperazine rings is 1. The molecule has 12 nitrogen and oxygen atoms in total. The number of amides is 1. The summed E-state index contributed by atoms with van der Waals surface area (Å²) in [6.45, 7) is 1.31. The molecule has 0 spiro atoms. The van der Waals surface area contributed by atoms with Gasteiger partial charge in [-0.2, -0.15) is 15.1 Å². The van der Waals surface area contributed by atoms with Gasteiger partial charge < -0.3 is 14.5 Å². The zero-order valence-corrected chi connectivity index (χ0v) is 20.6. The molecule has 0 radical (unpaired) electrons. The Labute approximate surface area is 210 Å². The molecule has 16 heteroatoms. The highest BCUT2D eigenvalue weighted by molar-refractivity contribution is 8.26. The molecular weight excluding hydrogens is 518 g/mol. The monoisotopic (exact) mass is 542 g/mol. The molecule has 2 heterocycles. The molecule has 1 aliphatic heterocycles. The van der Waals surface area contributed by atoms with Crippen LogP contribution in [0, 0.1) is 22.1 Å². The molecule has 0 atom stereocenters. The number of nitrogens with zero attached hydrogens (tertiary/aromatic N) is 5. The first kappa shape index (κ1) is 25.8. The van der Waals surface area contributed by atoms with E-state index in [9.17, 15) is 27.3 Å². The van der Waals surface area contributed by atoms with Gasteiger partial charge in [-0.15, -0.1) is 0 Å².